The molecule has 0 saturated carbocycles. The van der Waals surface area contributed by atoms with Crippen molar-refractivity contribution in [3.05, 3.63) is 28.7 Å². The summed E-state index contributed by atoms with van der Waals surface area (Å²) in [6, 6.07) is 6.70. The van der Waals surface area contributed by atoms with Crippen LogP contribution >= 0.6 is 15.9 Å². The van der Waals surface area contributed by atoms with Gasteiger partial charge in [-0.3, -0.25) is 4.79 Å². The molecule has 0 aliphatic carbocycles. The Morgan fingerprint density at radius 1 is 1.27 bits per heavy atom. The third-order valence-corrected chi connectivity index (χ3v) is 6.41. The highest BCUT2D eigenvalue weighted by Crippen LogP contribution is 2.21. The summed E-state index contributed by atoms with van der Waals surface area (Å²) in [6.45, 7) is 5.49. The number of hydrogen-bond donors (Lipinski definition) is 0. The molecule has 0 aromatic heterocycles. The highest BCUT2D eigenvalue weighted by molar-refractivity contribution is 9.10. The van der Waals surface area contributed by atoms with E-state index in [1.165, 1.54) is 4.31 Å². The number of benzene rings is 1. The number of nitrogens with zero attached hydrogens (tertiary/aromatic N) is 2. The molecule has 0 N–H and O–H groups in total. The van der Waals surface area contributed by atoms with E-state index in [9.17, 15) is 13.2 Å². The molecule has 122 valence electrons. The quantitative estimate of drug-likeness (QED) is 0.794. The predicted molar refractivity (Wildman–Crippen MR) is 88.9 cm³/mol. The highest BCUT2D eigenvalue weighted by atomic mass is 79.9. The lowest BCUT2D eigenvalue weighted by atomic mass is 10.1. The van der Waals surface area contributed by atoms with Crippen LogP contribution in [0.3, 0.4) is 0 Å². The average molecular weight is 389 g/mol. The second kappa shape index (κ2) is 7.10. The van der Waals surface area contributed by atoms with Gasteiger partial charge in [0.15, 0.2) is 0 Å². The second-order valence-electron chi connectivity index (χ2n) is 5.50. The van der Waals surface area contributed by atoms with Gasteiger partial charge in [-0.25, -0.2) is 8.42 Å². The maximum atomic E-state index is 12.6. The fraction of sp³-hybridized carbons (Fsp3) is 0.533. The van der Waals surface area contributed by atoms with E-state index in [0.29, 0.717) is 26.2 Å². The number of hydrogen-bond acceptors (Lipinski definition) is 3. The molecular formula is C15H21BrN2O3S. The summed E-state index contributed by atoms with van der Waals surface area (Å²) in [7, 11) is -3.49. The zero-order valence-corrected chi connectivity index (χ0v) is 15.2. The van der Waals surface area contributed by atoms with E-state index in [1.54, 1.807) is 29.2 Å². The summed E-state index contributed by atoms with van der Waals surface area (Å²) in [4.78, 5) is 14.2. The van der Waals surface area contributed by atoms with Crippen molar-refractivity contribution in [2.24, 2.45) is 5.92 Å². The number of carbonyl (C=O) groups excluding carboxylic acids is 1. The number of piperazine rings is 1. The molecule has 0 spiro atoms. The van der Waals surface area contributed by atoms with Gasteiger partial charge in [0, 0.05) is 36.6 Å². The van der Waals surface area contributed by atoms with Crippen LogP contribution in [0.15, 0.2) is 33.6 Å². The van der Waals surface area contributed by atoms with Crippen LogP contribution in [0, 0.1) is 5.92 Å². The van der Waals surface area contributed by atoms with E-state index in [1.807, 2.05) is 13.8 Å². The molecule has 1 atom stereocenters. The number of halogens is 1. The zero-order valence-electron chi connectivity index (χ0n) is 12.8. The zero-order chi connectivity index (χ0) is 16.3. The van der Waals surface area contributed by atoms with Crippen LogP contribution in [0.1, 0.15) is 20.3 Å². The number of carbonyl (C=O) groups is 1. The Morgan fingerprint density at radius 3 is 2.45 bits per heavy atom. The lowest BCUT2D eigenvalue weighted by Gasteiger charge is -2.35. The first-order chi connectivity index (χ1) is 10.4. The van der Waals surface area contributed by atoms with Gasteiger partial charge in [-0.2, -0.15) is 4.31 Å². The third kappa shape index (κ3) is 3.70. The lowest BCUT2D eigenvalue weighted by molar-refractivity contribution is -0.136. The Labute approximate surface area is 140 Å². The molecule has 7 heteroatoms. The summed E-state index contributed by atoms with van der Waals surface area (Å²) in [6.07, 6.45) is 0.801. The predicted octanol–water partition coefficient (Wildman–Crippen LogP) is 2.33. The topological polar surface area (TPSA) is 57.7 Å². The van der Waals surface area contributed by atoms with Crippen molar-refractivity contribution in [1.82, 2.24) is 9.21 Å². The van der Waals surface area contributed by atoms with Gasteiger partial charge >= 0.3 is 0 Å². The molecule has 1 aromatic rings. The first-order valence-corrected chi connectivity index (χ1v) is 9.64. The largest absolute Gasteiger partial charge is 0.340 e. The van der Waals surface area contributed by atoms with Gasteiger partial charge in [0.1, 0.15) is 0 Å². The van der Waals surface area contributed by atoms with Crippen molar-refractivity contribution in [2.45, 2.75) is 25.2 Å². The van der Waals surface area contributed by atoms with Crippen LogP contribution in [0.25, 0.3) is 0 Å². The molecule has 1 unspecified atom stereocenters. The highest BCUT2D eigenvalue weighted by Gasteiger charge is 2.31. The van der Waals surface area contributed by atoms with Gasteiger partial charge in [-0.05, 0) is 24.6 Å². The summed E-state index contributed by atoms with van der Waals surface area (Å²) in [5.74, 6) is 0.107. The minimum atomic E-state index is -3.49. The Balaban J connectivity index is 2.06. The summed E-state index contributed by atoms with van der Waals surface area (Å²) >= 11 is 3.30. The van der Waals surface area contributed by atoms with Crippen molar-refractivity contribution in [2.75, 3.05) is 26.2 Å². The van der Waals surface area contributed by atoms with Gasteiger partial charge in [0.05, 0.1) is 4.90 Å². The van der Waals surface area contributed by atoms with E-state index in [4.69, 9.17) is 0 Å². The molecule has 22 heavy (non-hydrogen) atoms. The molecule has 0 radical (unpaired) electrons. The van der Waals surface area contributed by atoms with Crippen LogP contribution in [0.4, 0.5) is 0 Å². The van der Waals surface area contributed by atoms with Gasteiger partial charge in [0.25, 0.3) is 0 Å². The molecular weight excluding hydrogens is 368 g/mol. The van der Waals surface area contributed by atoms with Crippen LogP contribution in [0.2, 0.25) is 0 Å². The monoisotopic (exact) mass is 388 g/mol. The van der Waals surface area contributed by atoms with Crippen LogP contribution in [-0.2, 0) is 14.8 Å². The Kier molecular flexibility index (Phi) is 5.63. The lowest BCUT2D eigenvalue weighted by Crippen LogP contribution is -2.51. The van der Waals surface area contributed by atoms with Gasteiger partial charge < -0.3 is 4.90 Å². The van der Waals surface area contributed by atoms with Crippen molar-refractivity contribution in [3.63, 3.8) is 0 Å². The fourth-order valence-electron chi connectivity index (χ4n) is 2.41. The SMILES string of the molecule is CCC(C)C(=O)N1CCN(S(=O)(=O)c2cccc(Br)c2)CC1. The van der Waals surface area contributed by atoms with E-state index in [-0.39, 0.29) is 16.7 Å². The molecule has 1 amide bonds. The van der Waals surface area contributed by atoms with Crippen molar-refractivity contribution >= 4 is 31.9 Å². The van der Waals surface area contributed by atoms with E-state index in [0.717, 1.165) is 10.9 Å². The second-order valence-corrected chi connectivity index (χ2v) is 8.35. The molecule has 1 aliphatic rings. The molecule has 5 nitrogen and oxygen atoms in total. The van der Waals surface area contributed by atoms with Crippen molar-refractivity contribution in [1.29, 1.82) is 0 Å². The molecule has 1 saturated heterocycles. The van der Waals surface area contributed by atoms with Gasteiger partial charge in [-0.1, -0.05) is 35.8 Å². The minimum absolute atomic E-state index is 0.00626. The number of rotatable bonds is 4. The summed E-state index contributed by atoms with van der Waals surface area (Å²) < 4.78 is 27.4. The first-order valence-electron chi connectivity index (χ1n) is 7.40. The fourth-order valence-corrected chi connectivity index (χ4v) is 4.43. The van der Waals surface area contributed by atoms with Crippen molar-refractivity contribution < 1.29 is 13.2 Å². The van der Waals surface area contributed by atoms with E-state index >= 15 is 0 Å². The minimum Gasteiger partial charge on any atom is -0.340 e. The molecule has 2 rings (SSSR count). The third-order valence-electron chi connectivity index (χ3n) is 4.02. The molecule has 1 aliphatic heterocycles. The van der Waals surface area contributed by atoms with Crippen LogP contribution in [-0.4, -0.2) is 49.7 Å². The van der Waals surface area contributed by atoms with E-state index < -0.39 is 10.0 Å². The summed E-state index contributed by atoms with van der Waals surface area (Å²) in [5.41, 5.74) is 0. The molecule has 1 aromatic carbocycles. The standard InChI is InChI=1S/C15H21BrN2O3S/c1-3-12(2)15(19)17-7-9-18(10-8-17)22(20,21)14-6-4-5-13(16)11-14/h4-6,11-12H,3,7-10H2,1-2H3. The normalized spacial score (nSPS) is 18.2. The van der Waals surface area contributed by atoms with Crippen LogP contribution < -0.4 is 0 Å². The molecule has 0 bridgehead atoms. The Bertz CT molecular complexity index is 640. The van der Waals surface area contributed by atoms with Gasteiger partial charge in [-0.15, -0.1) is 0 Å². The first kappa shape index (κ1) is 17.4. The molecule has 1 heterocycles. The average Bonchev–Trinajstić information content (AvgIpc) is 2.53. The van der Waals surface area contributed by atoms with Gasteiger partial charge in [0.2, 0.25) is 15.9 Å². The number of sulfonamides is 1. The maximum absolute atomic E-state index is 12.6. The van der Waals surface area contributed by atoms with Crippen LogP contribution in [0.5, 0.6) is 0 Å². The van der Waals surface area contributed by atoms with Crippen molar-refractivity contribution in [3.8, 4) is 0 Å². The Morgan fingerprint density at radius 2 is 1.91 bits per heavy atom. The maximum Gasteiger partial charge on any atom is 0.243 e. The number of amides is 1. The smallest absolute Gasteiger partial charge is 0.243 e. The molecule has 1 fully saturated rings. The van der Waals surface area contributed by atoms with E-state index in [2.05, 4.69) is 15.9 Å². The summed E-state index contributed by atoms with van der Waals surface area (Å²) in [5, 5.41) is 0. The Hall–Kier alpha value is -0.920.